The third kappa shape index (κ3) is 6.56. The van der Waals surface area contributed by atoms with E-state index in [1.165, 1.54) is 23.9 Å². The minimum atomic E-state index is -0.265. The zero-order chi connectivity index (χ0) is 30.6. The molecular formula is C33H32ClFN6O2S. The first-order valence-electron chi connectivity index (χ1n) is 14.7. The van der Waals surface area contributed by atoms with Crippen LogP contribution in [0.5, 0.6) is 0 Å². The molecule has 2 amide bonds. The fourth-order valence-electron chi connectivity index (χ4n) is 5.63. The standard InChI is InChI=1S/C33H32ClFN6O2S/c1-22-20-39(17-18-40(22)32(43)24-11-13-25(34)14-12-24)29(42)8-4-5-19-44-33-36-31-30(37-38-33)27-6-2-3-7-28(27)41(31)21-23-9-15-26(35)16-10-23/h2-3,6-7,9-16,22H,4-5,8,17-21H2,1H3. The lowest BCUT2D eigenvalue weighted by molar-refractivity contribution is -0.133. The van der Waals surface area contributed by atoms with E-state index >= 15 is 0 Å². The van der Waals surface area contributed by atoms with Crippen molar-refractivity contribution < 1.29 is 14.0 Å². The zero-order valence-electron chi connectivity index (χ0n) is 24.3. The molecule has 0 saturated carbocycles. The molecule has 1 saturated heterocycles. The predicted molar refractivity (Wildman–Crippen MR) is 171 cm³/mol. The van der Waals surface area contributed by atoms with E-state index in [-0.39, 0.29) is 23.7 Å². The van der Waals surface area contributed by atoms with Crippen molar-refractivity contribution in [3.63, 3.8) is 0 Å². The Bertz CT molecular complexity index is 1800. The number of para-hydroxylation sites is 1. The summed E-state index contributed by atoms with van der Waals surface area (Å²) in [4.78, 5) is 34.4. The van der Waals surface area contributed by atoms with Crippen molar-refractivity contribution in [3.05, 3.63) is 94.8 Å². The number of nitrogens with zero attached hydrogens (tertiary/aromatic N) is 6. The van der Waals surface area contributed by atoms with Gasteiger partial charge in [0.05, 0.1) is 5.52 Å². The van der Waals surface area contributed by atoms with Crippen LogP contribution in [-0.4, -0.2) is 72.8 Å². The summed E-state index contributed by atoms with van der Waals surface area (Å²) in [6.07, 6.45) is 2.05. The maximum atomic E-state index is 13.5. The van der Waals surface area contributed by atoms with Crippen LogP contribution in [0.25, 0.3) is 22.1 Å². The molecule has 5 aromatic rings. The fourth-order valence-corrected chi connectivity index (χ4v) is 6.53. The third-order valence-electron chi connectivity index (χ3n) is 7.96. The molecule has 1 fully saturated rings. The second kappa shape index (κ2) is 13.3. The predicted octanol–water partition coefficient (Wildman–Crippen LogP) is 6.46. The second-order valence-corrected chi connectivity index (χ2v) is 12.5. The largest absolute Gasteiger partial charge is 0.339 e. The monoisotopic (exact) mass is 630 g/mol. The maximum Gasteiger partial charge on any atom is 0.254 e. The highest BCUT2D eigenvalue weighted by Crippen LogP contribution is 2.28. The number of carbonyl (C=O) groups is 2. The van der Waals surface area contributed by atoms with Crippen LogP contribution in [0.15, 0.2) is 78.0 Å². The Morgan fingerprint density at radius 1 is 0.977 bits per heavy atom. The van der Waals surface area contributed by atoms with Crippen LogP contribution in [0.1, 0.15) is 42.1 Å². The van der Waals surface area contributed by atoms with Gasteiger partial charge in [0.25, 0.3) is 5.91 Å². The molecule has 1 unspecified atom stereocenters. The van der Waals surface area contributed by atoms with Gasteiger partial charge in [-0.15, -0.1) is 10.2 Å². The molecular weight excluding hydrogens is 599 g/mol. The van der Waals surface area contributed by atoms with Crippen LogP contribution in [0.2, 0.25) is 5.02 Å². The quantitative estimate of drug-likeness (QED) is 0.137. The van der Waals surface area contributed by atoms with Gasteiger partial charge < -0.3 is 14.4 Å². The van der Waals surface area contributed by atoms with Crippen molar-refractivity contribution in [2.24, 2.45) is 0 Å². The molecule has 0 bridgehead atoms. The number of unbranched alkanes of at least 4 members (excludes halogenated alkanes) is 1. The van der Waals surface area contributed by atoms with Gasteiger partial charge in [-0.25, -0.2) is 9.37 Å². The zero-order valence-corrected chi connectivity index (χ0v) is 25.9. The molecule has 226 valence electrons. The summed E-state index contributed by atoms with van der Waals surface area (Å²) in [7, 11) is 0. The Hall–Kier alpha value is -4.02. The number of rotatable bonds is 9. The van der Waals surface area contributed by atoms with Gasteiger partial charge in [-0.2, -0.15) is 0 Å². The maximum absolute atomic E-state index is 13.5. The van der Waals surface area contributed by atoms with Gasteiger partial charge in [-0.3, -0.25) is 9.59 Å². The molecule has 11 heteroatoms. The molecule has 0 N–H and O–H groups in total. The van der Waals surface area contributed by atoms with Gasteiger partial charge in [0, 0.05) is 60.4 Å². The number of hydrogen-bond acceptors (Lipinski definition) is 6. The molecule has 1 atom stereocenters. The minimum absolute atomic E-state index is 0.0380. The Kier molecular flexibility index (Phi) is 9.09. The molecule has 8 nitrogen and oxygen atoms in total. The van der Waals surface area contributed by atoms with Gasteiger partial charge in [0.2, 0.25) is 11.1 Å². The summed E-state index contributed by atoms with van der Waals surface area (Å²) in [6.45, 7) is 4.08. The summed E-state index contributed by atoms with van der Waals surface area (Å²) in [5.41, 5.74) is 4.05. The van der Waals surface area contributed by atoms with Crippen molar-refractivity contribution in [1.82, 2.24) is 29.5 Å². The highest BCUT2D eigenvalue weighted by atomic mass is 35.5. The van der Waals surface area contributed by atoms with E-state index in [0.717, 1.165) is 46.2 Å². The van der Waals surface area contributed by atoms with E-state index in [1.807, 2.05) is 41.0 Å². The number of fused-ring (bicyclic) bond motifs is 3. The van der Waals surface area contributed by atoms with E-state index in [4.69, 9.17) is 16.6 Å². The number of thioether (sulfide) groups is 1. The smallest absolute Gasteiger partial charge is 0.254 e. The number of carbonyl (C=O) groups excluding carboxylic acids is 2. The molecule has 1 aliphatic heterocycles. The van der Waals surface area contributed by atoms with Gasteiger partial charge in [-0.1, -0.05) is 53.7 Å². The first-order chi connectivity index (χ1) is 21.4. The van der Waals surface area contributed by atoms with Crippen molar-refractivity contribution in [2.75, 3.05) is 25.4 Å². The molecule has 3 aromatic carbocycles. The minimum Gasteiger partial charge on any atom is -0.339 e. The average Bonchev–Trinajstić information content (AvgIpc) is 3.34. The molecule has 0 spiro atoms. The van der Waals surface area contributed by atoms with Crippen LogP contribution in [0.3, 0.4) is 0 Å². The average molecular weight is 631 g/mol. The van der Waals surface area contributed by atoms with Crippen LogP contribution in [0, 0.1) is 5.82 Å². The van der Waals surface area contributed by atoms with E-state index in [9.17, 15) is 14.0 Å². The highest BCUT2D eigenvalue weighted by molar-refractivity contribution is 7.99. The number of benzene rings is 3. The number of piperazine rings is 1. The molecule has 6 rings (SSSR count). The van der Waals surface area contributed by atoms with Crippen LogP contribution < -0.4 is 0 Å². The summed E-state index contributed by atoms with van der Waals surface area (Å²) in [5.74, 6) is 0.576. The first-order valence-corrected chi connectivity index (χ1v) is 16.1. The lowest BCUT2D eigenvalue weighted by Crippen LogP contribution is -2.55. The second-order valence-electron chi connectivity index (χ2n) is 11.0. The topological polar surface area (TPSA) is 84.2 Å². The molecule has 44 heavy (non-hydrogen) atoms. The summed E-state index contributed by atoms with van der Waals surface area (Å²) in [6, 6.07) is 21.3. The van der Waals surface area contributed by atoms with Crippen molar-refractivity contribution >= 4 is 57.2 Å². The van der Waals surface area contributed by atoms with E-state index < -0.39 is 0 Å². The Morgan fingerprint density at radius 3 is 2.52 bits per heavy atom. The Balaban J connectivity index is 1.02. The Morgan fingerprint density at radius 2 is 1.75 bits per heavy atom. The molecule has 0 aliphatic carbocycles. The molecule has 1 aliphatic rings. The third-order valence-corrected chi connectivity index (χ3v) is 9.13. The normalized spacial score (nSPS) is 15.3. The number of halogens is 2. The van der Waals surface area contributed by atoms with Crippen molar-refractivity contribution in [2.45, 2.75) is 43.9 Å². The number of amides is 2. The fraction of sp³-hybridized carbons (Fsp3) is 0.303. The van der Waals surface area contributed by atoms with Crippen LogP contribution in [0.4, 0.5) is 4.39 Å². The number of hydrogen-bond donors (Lipinski definition) is 0. The van der Waals surface area contributed by atoms with Crippen LogP contribution in [-0.2, 0) is 11.3 Å². The number of aromatic nitrogens is 4. The molecule has 3 heterocycles. The summed E-state index contributed by atoms with van der Waals surface area (Å²) in [5, 5.41) is 11.0. The van der Waals surface area contributed by atoms with Gasteiger partial charge in [0.1, 0.15) is 11.3 Å². The SMILES string of the molecule is CC1CN(C(=O)CCCCSc2nnc3c4ccccc4n(Cc4ccc(F)cc4)c3n2)CCN1C(=O)c1ccc(Cl)cc1. The van der Waals surface area contributed by atoms with Crippen molar-refractivity contribution in [3.8, 4) is 0 Å². The van der Waals surface area contributed by atoms with Gasteiger partial charge in [0.15, 0.2) is 5.65 Å². The van der Waals surface area contributed by atoms with Gasteiger partial charge >= 0.3 is 0 Å². The van der Waals surface area contributed by atoms with E-state index in [0.29, 0.717) is 48.3 Å². The van der Waals surface area contributed by atoms with E-state index in [1.54, 1.807) is 36.4 Å². The first kappa shape index (κ1) is 30.0. The molecule has 0 radical (unpaired) electrons. The summed E-state index contributed by atoms with van der Waals surface area (Å²) < 4.78 is 15.6. The van der Waals surface area contributed by atoms with Crippen molar-refractivity contribution in [1.29, 1.82) is 0 Å². The lowest BCUT2D eigenvalue weighted by atomic mass is 10.1. The highest BCUT2D eigenvalue weighted by Gasteiger charge is 2.30. The summed E-state index contributed by atoms with van der Waals surface area (Å²) >= 11 is 7.48. The lowest BCUT2D eigenvalue weighted by Gasteiger charge is -2.40. The van der Waals surface area contributed by atoms with Gasteiger partial charge in [-0.05, 0) is 67.8 Å². The molecule has 2 aromatic heterocycles. The van der Waals surface area contributed by atoms with E-state index in [2.05, 4.69) is 14.8 Å². The Labute approximate surface area is 264 Å². The van der Waals surface area contributed by atoms with Crippen LogP contribution >= 0.6 is 23.4 Å².